The smallest absolute Gasteiger partial charge is 0.399 e. The van der Waals surface area contributed by atoms with E-state index in [1.54, 1.807) is 22.7 Å². The molecule has 1 aliphatic heterocycles. The van der Waals surface area contributed by atoms with Crippen molar-refractivity contribution < 1.29 is 13.7 Å². The summed E-state index contributed by atoms with van der Waals surface area (Å²) in [6, 6.07) is 10.8. The third-order valence-electron chi connectivity index (χ3n) is 5.34. The lowest BCUT2D eigenvalue weighted by Crippen LogP contribution is -2.41. The van der Waals surface area contributed by atoms with Crippen LogP contribution in [0.4, 0.5) is 4.39 Å². The molecule has 0 N–H and O–H groups in total. The zero-order chi connectivity index (χ0) is 20.5. The van der Waals surface area contributed by atoms with Crippen molar-refractivity contribution in [3.63, 3.8) is 0 Å². The number of benzene rings is 1. The molecule has 6 heteroatoms. The lowest BCUT2D eigenvalue weighted by Gasteiger charge is -2.32. The largest absolute Gasteiger partial charge is 0.505 e. The minimum atomic E-state index is -0.242. The van der Waals surface area contributed by atoms with Gasteiger partial charge < -0.3 is 9.31 Å². The first-order valence-corrected chi connectivity index (χ1v) is 11.1. The van der Waals surface area contributed by atoms with Crippen molar-refractivity contribution in [2.75, 3.05) is 0 Å². The predicted octanol–water partition coefficient (Wildman–Crippen LogP) is 6.22. The van der Waals surface area contributed by atoms with Crippen molar-refractivity contribution in [2.45, 2.75) is 52.7 Å². The molecule has 0 aliphatic carbocycles. The number of aryl methyl sites for hydroxylation is 2. The molecule has 0 atom stereocenters. The van der Waals surface area contributed by atoms with E-state index in [1.807, 2.05) is 17.5 Å². The molecule has 148 valence electrons. The number of hydrogen-bond donors (Lipinski definition) is 0. The highest BCUT2D eigenvalue weighted by molar-refractivity contribution is 7.21. The van der Waals surface area contributed by atoms with E-state index in [0.717, 1.165) is 5.56 Å². The Kier molecular flexibility index (Phi) is 6.15. The van der Waals surface area contributed by atoms with Gasteiger partial charge in [0.1, 0.15) is 5.82 Å². The van der Waals surface area contributed by atoms with Crippen molar-refractivity contribution in [1.29, 1.82) is 0 Å². The van der Waals surface area contributed by atoms with Crippen LogP contribution in [0.15, 0.2) is 47.2 Å². The molecule has 0 bridgehead atoms. The van der Waals surface area contributed by atoms with E-state index >= 15 is 0 Å². The SMILES string of the molecule is Cc1ccsc1-c1ccc(F)cc1.Cc1ccsc1B1OC(C)(C)C(C)(C)O1. The van der Waals surface area contributed by atoms with E-state index < -0.39 is 0 Å². The van der Waals surface area contributed by atoms with Gasteiger partial charge in [-0.2, -0.15) is 11.3 Å². The predicted molar refractivity (Wildman–Crippen MR) is 119 cm³/mol. The van der Waals surface area contributed by atoms with Gasteiger partial charge in [-0.25, -0.2) is 4.39 Å². The molecule has 1 fully saturated rings. The first-order chi connectivity index (χ1) is 13.1. The standard InChI is InChI=1S/C11H17BO2S.C11H9FS/c1-8-6-7-15-9(8)12-13-10(2,3)11(4,5)14-12;1-8-6-7-13-11(8)9-2-4-10(12)5-3-9/h6-7H,1-5H3;2-7H,1H3. The monoisotopic (exact) mass is 416 g/mol. The molecule has 0 saturated carbocycles. The quantitative estimate of drug-likeness (QED) is 0.462. The fourth-order valence-electron chi connectivity index (χ4n) is 2.85. The summed E-state index contributed by atoms with van der Waals surface area (Å²) in [7, 11) is -0.199. The maximum atomic E-state index is 12.6. The van der Waals surface area contributed by atoms with Crippen LogP contribution < -0.4 is 4.78 Å². The molecule has 3 heterocycles. The Morgan fingerprint density at radius 3 is 1.79 bits per heavy atom. The number of rotatable bonds is 2. The van der Waals surface area contributed by atoms with Crippen LogP contribution in [0.25, 0.3) is 10.4 Å². The highest BCUT2D eigenvalue weighted by Crippen LogP contribution is 2.37. The van der Waals surface area contributed by atoms with Crippen molar-refractivity contribution in [3.8, 4) is 10.4 Å². The van der Waals surface area contributed by atoms with Gasteiger partial charge in [-0.3, -0.25) is 0 Å². The van der Waals surface area contributed by atoms with Crippen LogP contribution in [-0.4, -0.2) is 18.3 Å². The number of hydrogen-bond acceptors (Lipinski definition) is 4. The second kappa shape index (κ2) is 8.11. The molecule has 0 unspecified atom stereocenters. The lowest BCUT2D eigenvalue weighted by molar-refractivity contribution is 0.00578. The van der Waals surface area contributed by atoms with Gasteiger partial charge >= 0.3 is 7.12 Å². The molecule has 4 rings (SSSR count). The average molecular weight is 416 g/mol. The summed E-state index contributed by atoms with van der Waals surface area (Å²) in [4.78, 5) is 1.22. The zero-order valence-corrected chi connectivity index (χ0v) is 18.8. The molecule has 1 saturated heterocycles. The van der Waals surface area contributed by atoms with E-state index in [-0.39, 0.29) is 24.1 Å². The minimum absolute atomic E-state index is 0.182. The van der Waals surface area contributed by atoms with Crippen LogP contribution in [0.5, 0.6) is 0 Å². The second-order valence-corrected chi connectivity index (χ2v) is 9.86. The first-order valence-electron chi connectivity index (χ1n) is 9.30. The summed E-state index contributed by atoms with van der Waals surface area (Å²) in [6.45, 7) is 12.5. The van der Waals surface area contributed by atoms with Gasteiger partial charge in [0.2, 0.25) is 0 Å². The van der Waals surface area contributed by atoms with Crippen LogP contribution in [0.1, 0.15) is 38.8 Å². The summed E-state index contributed by atoms with van der Waals surface area (Å²) >= 11 is 3.38. The Hall–Kier alpha value is -1.47. The van der Waals surface area contributed by atoms with Crippen molar-refractivity contribution in [2.24, 2.45) is 0 Å². The summed E-state index contributed by atoms with van der Waals surface area (Å²) in [6.07, 6.45) is 0. The molecule has 3 aromatic rings. The van der Waals surface area contributed by atoms with E-state index in [0.29, 0.717) is 0 Å². The molecule has 1 aromatic carbocycles. The van der Waals surface area contributed by atoms with Crippen LogP contribution >= 0.6 is 22.7 Å². The van der Waals surface area contributed by atoms with Crippen LogP contribution in [-0.2, 0) is 9.31 Å². The summed E-state index contributed by atoms with van der Waals surface area (Å²) in [5, 5.41) is 4.13. The Bertz CT molecular complexity index is 912. The Morgan fingerprint density at radius 1 is 0.786 bits per heavy atom. The van der Waals surface area contributed by atoms with E-state index in [4.69, 9.17) is 9.31 Å². The van der Waals surface area contributed by atoms with Gasteiger partial charge in [0.25, 0.3) is 0 Å². The summed E-state index contributed by atoms with van der Waals surface area (Å²) in [5.41, 5.74) is 3.10. The summed E-state index contributed by atoms with van der Waals surface area (Å²) < 4.78 is 25.8. The molecular weight excluding hydrogens is 390 g/mol. The Morgan fingerprint density at radius 2 is 1.32 bits per heavy atom. The zero-order valence-electron chi connectivity index (χ0n) is 17.2. The molecule has 2 aromatic heterocycles. The van der Waals surface area contributed by atoms with Crippen LogP contribution in [0.2, 0.25) is 0 Å². The molecule has 0 amide bonds. The van der Waals surface area contributed by atoms with Crippen LogP contribution in [0, 0.1) is 19.7 Å². The molecular formula is C22H26BFO2S2. The van der Waals surface area contributed by atoms with Crippen LogP contribution in [0.3, 0.4) is 0 Å². The van der Waals surface area contributed by atoms with Gasteiger partial charge in [0, 0.05) is 9.65 Å². The normalized spacial score (nSPS) is 17.3. The minimum Gasteiger partial charge on any atom is -0.399 e. The van der Waals surface area contributed by atoms with E-state index in [2.05, 4.69) is 59.1 Å². The fraction of sp³-hybridized carbons (Fsp3) is 0.364. The average Bonchev–Trinajstić information content (AvgIpc) is 3.28. The lowest BCUT2D eigenvalue weighted by atomic mass is 9.85. The number of halogens is 1. The molecule has 0 spiro atoms. The Balaban J connectivity index is 0.000000162. The van der Waals surface area contributed by atoms with Gasteiger partial charge in [-0.1, -0.05) is 12.1 Å². The highest BCUT2D eigenvalue weighted by atomic mass is 32.1. The van der Waals surface area contributed by atoms with Gasteiger partial charge in [-0.15, -0.1) is 11.3 Å². The maximum Gasteiger partial charge on any atom is 0.505 e. The molecule has 1 aliphatic rings. The van der Waals surface area contributed by atoms with Gasteiger partial charge in [-0.05, 0) is 93.3 Å². The topological polar surface area (TPSA) is 18.5 Å². The molecule has 28 heavy (non-hydrogen) atoms. The van der Waals surface area contributed by atoms with Crippen molar-refractivity contribution in [1.82, 2.24) is 0 Å². The molecule has 0 radical (unpaired) electrons. The highest BCUT2D eigenvalue weighted by Gasteiger charge is 2.52. The fourth-order valence-corrected chi connectivity index (χ4v) is 4.66. The van der Waals surface area contributed by atoms with E-state index in [1.165, 1.54) is 32.9 Å². The summed E-state index contributed by atoms with van der Waals surface area (Å²) in [5.74, 6) is -0.182. The Labute approximate surface area is 175 Å². The van der Waals surface area contributed by atoms with Crippen molar-refractivity contribution >= 4 is 34.6 Å². The third-order valence-corrected chi connectivity index (χ3v) is 7.44. The maximum absolute atomic E-state index is 12.6. The van der Waals surface area contributed by atoms with Crippen molar-refractivity contribution in [3.05, 3.63) is 64.1 Å². The van der Waals surface area contributed by atoms with Gasteiger partial charge in [0.05, 0.1) is 11.2 Å². The van der Waals surface area contributed by atoms with E-state index in [9.17, 15) is 4.39 Å². The number of thiophene rings is 2. The molecule has 2 nitrogen and oxygen atoms in total. The second-order valence-electron chi connectivity index (χ2n) is 8.00. The van der Waals surface area contributed by atoms with Gasteiger partial charge in [0.15, 0.2) is 0 Å². The first kappa shape index (κ1) is 21.2. The third kappa shape index (κ3) is 4.41.